The molecule has 4 rings (SSSR count). The van der Waals surface area contributed by atoms with E-state index in [1.807, 2.05) is 61.5 Å². The number of amides is 1. The van der Waals surface area contributed by atoms with Crippen molar-refractivity contribution in [3.8, 4) is 11.5 Å². The van der Waals surface area contributed by atoms with Crippen LogP contribution in [0.5, 0.6) is 11.5 Å². The van der Waals surface area contributed by atoms with Crippen molar-refractivity contribution in [2.24, 2.45) is 0 Å². The number of carbonyl (C=O) groups is 2. The topological polar surface area (TPSA) is 94.8 Å². The van der Waals surface area contributed by atoms with E-state index in [4.69, 9.17) is 13.9 Å². The summed E-state index contributed by atoms with van der Waals surface area (Å²) in [6, 6.07) is 22.7. The van der Waals surface area contributed by atoms with Gasteiger partial charge in [0.25, 0.3) is 5.91 Å². The molecular formula is C28H23NO6. The minimum atomic E-state index is -0.776. The molecule has 0 saturated heterocycles. The highest BCUT2D eigenvalue weighted by Crippen LogP contribution is 2.21. The third kappa shape index (κ3) is 6.23. The van der Waals surface area contributed by atoms with E-state index in [-0.39, 0.29) is 23.4 Å². The van der Waals surface area contributed by atoms with Gasteiger partial charge in [-0.3, -0.25) is 4.79 Å². The van der Waals surface area contributed by atoms with Gasteiger partial charge in [0, 0.05) is 24.1 Å². The normalized spacial score (nSPS) is 10.9. The molecule has 7 nitrogen and oxygen atoms in total. The molecule has 3 aromatic carbocycles. The van der Waals surface area contributed by atoms with Crippen molar-refractivity contribution in [2.75, 3.05) is 6.61 Å². The summed E-state index contributed by atoms with van der Waals surface area (Å²) < 4.78 is 16.0. The second-order valence-electron chi connectivity index (χ2n) is 7.57. The van der Waals surface area contributed by atoms with E-state index in [0.717, 1.165) is 16.9 Å². The maximum absolute atomic E-state index is 12.5. The van der Waals surface area contributed by atoms with Crippen molar-refractivity contribution in [1.82, 2.24) is 5.32 Å². The Hall–Kier alpha value is -4.65. The van der Waals surface area contributed by atoms with Crippen LogP contribution in [0.25, 0.3) is 17.0 Å². The average molecular weight is 469 g/mol. The van der Waals surface area contributed by atoms with Gasteiger partial charge in [0.1, 0.15) is 22.6 Å². The summed E-state index contributed by atoms with van der Waals surface area (Å²) in [5.41, 5.74) is 1.05. The lowest BCUT2D eigenvalue weighted by molar-refractivity contribution is -0.128. The third-order valence-electron chi connectivity index (χ3n) is 5.07. The second kappa shape index (κ2) is 11.0. The van der Waals surface area contributed by atoms with Crippen LogP contribution in [-0.2, 0) is 11.3 Å². The quantitative estimate of drug-likeness (QED) is 0.173. The van der Waals surface area contributed by atoms with Crippen LogP contribution in [0.15, 0.2) is 94.2 Å². The SMILES string of the molecule is CCOc1ccc(/C=C/C(=O)Oc2ccc3cc(C(=O)NCc4ccccc4)c(=O)oc3c2)cc1. The molecule has 0 spiro atoms. The lowest BCUT2D eigenvalue weighted by Gasteiger charge is -2.06. The first-order valence-corrected chi connectivity index (χ1v) is 11.0. The maximum Gasteiger partial charge on any atom is 0.349 e. The molecule has 1 aromatic heterocycles. The molecule has 0 unspecified atom stereocenters. The summed E-state index contributed by atoms with van der Waals surface area (Å²) in [6.45, 7) is 2.77. The number of nitrogens with one attached hydrogen (secondary N) is 1. The molecule has 0 aliphatic carbocycles. The van der Waals surface area contributed by atoms with Gasteiger partial charge in [-0.05, 0) is 54.5 Å². The molecular weight excluding hydrogens is 446 g/mol. The first-order chi connectivity index (χ1) is 17.0. The van der Waals surface area contributed by atoms with Gasteiger partial charge < -0.3 is 19.2 Å². The minimum absolute atomic E-state index is 0.100. The van der Waals surface area contributed by atoms with Gasteiger partial charge in [0.05, 0.1) is 6.61 Å². The number of hydrogen-bond donors (Lipinski definition) is 1. The molecule has 1 amide bonds. The van der Waals surface area contributed by atoms with Crippen molar-refractivity contribution in [3.63, 3.8) is 0 Å². The van der Waals surface area contributed by atoms with E-state index in [1.165, 1.54) is 18.2 Å². The Morgan fingerprint density at radius 1 is 0.943 bits per heavy atom. The Kier molecular flexibility index (Phi) is 7.37. The number of benzene rings is 3. The van der Waals surface area contributed by atoms with Crippen LogP contribution in [0.3, 0.4) is 0 Å². The Labute approximate surface area is 201 Å². The zero-order chi connectivity index (χ0) is 24.6. The number of ether oxygens (including phenoxy) is 2. The highest BCUT2D eigenvalue weighted by molar-refractivity contribution is 5.97. The van der Waals surface area contributed by atoms with Crippen molar-refractivity contribution < 1.29 is 23.5 Å². The molecule has 0 atom stereocenters. The van der Waals surface area contributed by atoms with Gasteiger partial charge in [-0.25, -0.2) is 9.59 Å². The Morgan fingerprint density at radius 3 is 2.43 bits per heavy atom. The van der Waals surface area contributed by atoms with E-state index in [0.29, 0.717) is 12.0 Å². The molecule has 0 aliphatic heterocycles. The summed E-state index contributed by atoms with van der Waals surface area (Å²) >= 11 is 0. The smallest absolute Gasteiger partial charge is 0.349 e. The molecule has 0 aliphatic rings. The van der Waals surface area contributed by atoms with E-state index in [1.54, 1.807) is 18.2 Å². The van der Waals surface area contributed by atoms with Crippen LogP contribution in [0.2, 0.25) is 0 Å². The summed E-state index contributed by atoms with van der Waals surface area (Å²) in [6.07, 6.45) is 2.93. The fourth-order valence-electron chi connectivity index (χ4n) is 3.34. The summed E-state index contributed by atoms with van der Waals surface area (Å²) in [5.74, 6) is -0.151. The highest BCUT2D eigenvalue weighted by Gasteiger charge is 2.14. The largest absolute Gasteiger partial charge is 0.494 e. The molecule has 4 aromatic rings. The number of hydrogen-bond acceptors (Lipinski definition) is 6. The van der Waals surface area contributed by atoms with Crippen molar-refractivity contribution in [3.05, 3.63) is 112 Å². The van der Waals surface area contributed by atoms with E-state index in [2.05, 4.69) is 5.32 Å². The Morgan fingerprint density at radius 2 is 1.69 bits per heavy atom. The highest BCUT2D eigenvalue weighted by atomic mass is 16.5. The van der Waals surface area contributed by atoms with Crippen LogP contribution in [-0.4, -0.2) is 18.5 Å². The lowest BCUT2D eigenvalue weighted by Crippen LogP contribution is -2.27. The molecule has 0 bridgehead atoms. The average Bonchev–Trinajstić information content (AvgIpc) is 2.87. The van der Waals surface area contributed by atoms with Crippen molar-refractivity contribution in [2.45, 2.75) is 13.5 Å². The maximum atomic E-state index is 12.5. The predicted molar refractivity (Wildman–Crippen MR) is 132 cm³/mol. The zero-order valence-electron chi connectivity index (χ0n) is 19.0. The third-order valence-corrected chi connectivity index (χ3v) is 5.07. The number of rotatable bonds is 8. The molecule has 7 heteroatoms. The standard InChI is InChI=1S/C28H23NO6/c1-2-33-22-12-8-19(9-13-22)10-15-26(30)34-23-14-11-21-16-24(28(32)35-25(21)17-23)27(31)29-18-20-6-4-3-5-7-20/h3-17H,2,18H2,1H3,(H,29,31)/b15-10+. The first-order valence-electron chi connectivity index (χ1n) is 11.0. The van der Waals surface area contributed by atoms with Crippen LogP contribution in [0.4, 0.5) is 0 Å². The number of esters is 1. The van der Waals surface area contributed by atoms with Gasteiger partial charge in [-0.15, -0.1) is 0 Å². The van der Waals surface area contributed by atoms with E-state index in [9.17, 15) is 14.4 Å². The van der Waals surface area contributed by atoms with E-state index < -0.39 is 17.5 Å². The molecule has 0 saturated carbocycles. The summed E-state index contributed by atoms with van der Waals surface area (Å²) in [5, 5.41) is 3.24. The molecule has 0 radical (unpaired) electrons. The van der Waals surface area contributed by atoms with Gasteiger partial charge in [0.15, 0.2) is 0 Å². The predicted octanol–water partition coefficient (Wildman–Crippen LogP) is 4.74. The number of carbonyl (C=O) groups excluding carboxylic acids is 2. The fraction of sp³-hybridized carbons (Fsp3) is 0.107. The van der Waals surface area contributed by atoms with Crippen LogP contribution in [0, 0.1) is 0 Å². The van der Waals surface area contributed by atoms with Gasteiger partial charge in [-0.1, -0.05) is 42.5 Å². The first kappa shape index (κ1) is 23.5. The van der Waals surface area contributed by atoms with Crippen LogP contribution < -0.4 is 20.4 Å². The minimum Gasteiger partial charge on any atom is -0.494 e. The van der Waals surface area contributed by atoms with Crippen LogP contribution >= 0.6 is 0 Å². The monoisotopic (exact) mass is 469 g/mol. The fourth-order valence-corrected chi connectivity index (χ4v) is 3.34. The summed E-state index contributed by atoms with van der Waals surface area (Å²) in [4.78, 5) is 37.1. The van der Waals surface area contributed by atoms with Crippen molar-refractivity contribution in [1.29, 1.82) is 0 Å². The molecule has 176 valence electrons. The van der Waals surface area contributed by atoms with Gasteiger partial charge >= 0.3 is 11.6 Å². The van der Waals surface area contributed by atoms with Gasteiger partial charge in [0.2, 0.25) is 0 Å². The van der Waals surface area contributed by atoms with Crippen LogP contribution in [0.1, 0.15) is 28.4 Å². The zero-order valence-corrected chi connectivity index (χ0v) is 19.0. The van der Waals surface area contributed by atoms with E-state index >= 15 is 0 Å². The molecule has 1 N–H and O–H groups in total. The van der Waals surface area contributed by atoms with Crippen molar-refractivity contribution >= 4 is 28.9 Å². The molecule has 1 heterocycles. The second-order valence-corrected chi connectivity index (χ2v) is 7.57. The Bertz CT molecular complexity index is 1420. The lowest BCUT2D eigenvalue weighted by atomic mass is 10.1. The molecule has 35 heavy (non-hydrogen) atoms. The molecule has 0 fully saturated rings. The summed E-state index contributed by atoms with van der Waals surface area (Å²) in [7, 11) is 0. The Balaban J connectivity index is 1.42. The number of fused-ring (bicyclic) bond motifs is 1. The van der Waals surface area contributed by atoms with Gasteiger partial charge in [-0.2, -0.15) is 0 Å².